The molecule has 2 saturated heterocycles. The van der Waals surface area contributed by atoms with Crippen LogP contribution in [0, 0.1) is 5.92 Å². The van der Waals surface area contributed by atoms with Crippen molar-refractivity contribution in [1.29, 1.82) is 0 Å². The van der Waals surface area contributed by atoms with E-state index in [1.54, 1.807) is 54.1 Å². The Morgan fingerprint density at radius 1 is 0.836 bits per heavy atom. The molecule has 20 nitrogen and oxygen atoms in total. The normalized spacial score (nSPS) is 17.7. The Morgan fingerprint density at radius 3 is 2.16 bits per heavy atom. The highest BCUT2D eigenvalue weighted by molar-refractivity contribution is 6.08. The summed E-state index contributed by atoms with van der Waals surface area (Å²) in [6.07, 6.45) is 5.07. The van der Waals surface area contributed by atoms with Crippen LogP contribution in [0.5, 0.6) is 23.0 Å². The van der Waals surface area contributed by atoms with Gasteiger partial charge < -0.3 is 53.8 Å². The monoisotopic (exact) mass is 927 g/mol. The van der Waals surface area contributed by atoms with Crippen molar-refractivity contribution < 1.29 is 52.4 Å². The van der Waals surface area contributed by atoms with Gasteiger partial charge in [0, 0.05) is 55.9 Å². The molecule has 0 aromatic heterocycles. The fourth-order valence-corrected chi connectivity index (χ4v) is 8.33. The molecule has 4 heterocycles. The topological polar surface area (TPSA) is 236 Å². The van der Waals surface area contributed by atoms with Gasteiger partial charge in [0.05, 0.1) is 95.0 Å². The van der Waals surface area contributed by atoms with Crippen LogP contribution in [0.2, 0.25) is 0 Å². The molecule has 2 aromatic carbocycles. The molecular formula is C47H61N9O11. The van der Waals surface area contributed by atoms with Gasteiger partial charge in [-0.3, -0.25) is 29.0 Å². The first-order valence-electron chi connectivity index (χ1n) is 22.6. The highest BCUT2D eigenvalue weighted by Gasteiger charge is 2.40. The molecule has 1 unspecified atom stereocenters. The molecule has 0 radical (unpaired) electrons. The van der Waals surface area contributed by atoms with E-state index in [-0.39, 0.29) is 81.3 Å². The molecule has 6 rings (SSSR count). The van der Waals surface area contributed by atoms with E-state index in [0.29, 0.717) is 91.9 Å². The van der Waals surface area contributed by atoms with Gasteiger partial charge in [-0.05, 0) is 55.7 Å². The van der Waals surface area contributed by atoms with Crippen molar-refractivity contribution in [2.75, 3.05) is 91.5 Å². The maximum Gasteiger partial charge on any atom is 0.257 e. The summed E-state index contributed by atoms with van der Waals surface area (Å²) in [7, 11) is 3.01. The second-order valence-electron chi connectivity index (χ2n) is 17.0. The number of rotatable bonds is 24. The Balaban J connectivity index is 1.04. The van der Waals surface area contributed by atoms with Gasteiger partial charge in [-0.15, -0.1) is 0 Å². The van der Waals surface area contributed by atoms with Gasteiger partial charge in [-0.2, -0.15) is 0 Å². The van der Waals surface area contributed by atoms with Crippen molar-refractivity contribution in [2.24, 2.45) is 16.0 Å². The molecule has 4 aliphatic heterocycles. The average Bonchev–Trinajstić information content (AvgIpc) is 3.83. The van der Waals surface area contributed by atoms with Crippen LogP contribution in [0.4, 0.5) is 11.4 Å². The molecule has 5 amide bonds. The molecule has 0 aliphatic carbocycles. The number of methoxy groups -OCH3 is 2. The van der Waals surface area contributed by atoms with Crippen molar-refractivity contribution in [3.05, 3.63) is 70.1 Å². The molecule has 20 heteroatoms. The molecule has 4 aliphatic rings. The molecule has 3 atom stereocenters. The number of aliphatic imine (C=N–C) groups is 1. The number of azide groups is 1. The maximum atomic E-state index is 14.1. The maximum absolute atomic E-state index is 14.1. The smallest absolute Gasteiger partial charge is 0.257 e. The Labute approximate surface area is 390 Å². The number of unbranched alkanes of at least 4 members (excludes halogenated alkanes) is 2. The third-order valence-corrected chi connectivity index (χ3v) is 11.8. The fourth-order valence-electron chi connectivity index (χ4n) is 8.33. The fraction of sp³-hybridized carbons (Fsp3) is 0.532. The van der Waals surface area contributed by atoms with Gasteiger partial charge in [0.25, 0.3) is 11.8 Å². The van der Waals surface area contributed by atoms with Crippen LogP contribution >= 0.6 is 0 Å². The Bertz CT molecular complexity index is 2280. The second kappa shape index (κ2) is 23.7. The van der Waals surface area contributed by atoms with Crippen LogP contribution in [0.3, 0.4) is 0 Å². The van der Waals surface area contributed by atoms with Crippen LogP contribution in [0.15, 0.2) is 58.7 Å². The number of hydrogen-bond donors (Lipinski definition) is 2. The molecule has 2 N–H and O–H groups in total. The standard InChI is InChI=1S/C47H61N9O11/c1-29(2)44(52-42(57)10-14-64-16-17-65-15-11-51-53-48)45(59)50-25-43(58)56-28-33-19-31(4)27-55(33)47(61)35-21-39(63-6)41(23-37(35)56)67-13-9-7-8-12-66-40-22-36-34(20-38(40)62-5)46(60)54-26-30(3)18-32(54)24-49-36/h20-24,29,32-33,44H,3-4,7-19,25-28H2,1-2,5-6H3,(H,50,59)(H,52,57)/t32-,33-,44?/m0/s1. The van der Waals surface area contributed by atoms with Crippen molar-refractivity contribution in [3.8, 4) is 23.0 Å². The van der Waals surface area contributed by atoms with Crippen molar-refractivity contribution >= 4 is 47.1 Å². The zero-order valence-electron chi connectivity index (χ0n) is 38.8. The van der Waals surface area contributed by atoms with Crippen LogP contribution in [-0.2, 0) is 23.9 Å². The van der Waals surface area contributed by atoms with Gasteiger partial charge in [-0.1, -0.05) is 43.3 Å². The quantitative estimate of drug-likeness (QED) is 0.0471. The minimum Gasteiger partial charge on any atom is -0.493 e. The Hall–Kier alpha value is -6.63. The number of nitrogens with one attached hydrogen (secondary N) is 2. The summed E-state index contributed by atoms with van der Waals surface area (Å²) in [4.78, 5) is 80.0. The minimum atomic E-state index is -0.926. The summed E-state index contributed by atoms with van der Waals surface area (Å²) in [5.74, 6) is -0.481. The van der Waals surface area contributed by atoms with Crippen LogP contribution in [0.1, 0.15) is 73.1 Å². The zero-order valence-corrected chi connectivity index (χ0v) is 38.8. The lowest BCUT2D eigenvalue weighted by molar-refractivity contribution is -0.131. The average molecular weight is 928 g/mol. The number of fused-ring (bicyclic) bond motifs is 4. The van der Waals surface area contributed by atoms with Gasteiger partial charge in [0.2, 0.25) is 17.7 Å². The highest BCUT2D eigenvalue weighted by Crippen LogP contribution is 2.41. The van der Waals surface area contributed by atoms with Crippen LogP contribution in [0.25, 0.3) is 10.4 Å². The number of benzene rings is 2. The molecule has 67 heavy (non-hydrogen) atoms. The summed E-state index contributed by atoms with van der Waals surface area (Å²) < 4.78 is 34.3. The first-order valence-corrected chi connectivity index (χ1v) is 22.6. The molecule has 360 valence electrons. The van der Waals surface area contributed by atoms with Crippen LogP contribution < -0.4 is 34.5 Å². The Kier molecular flexibility index (Phi) is 17.6. The van der Waals surface area contributed by atoms with Crippen molar-refractivity contribution in [1.82, 2.24) is 20.4 Å². The van der Waals surface area contributed by atoms with E-state index in [0.717, 1.165) is 17.6 Å². The molecular weight excluding hydrogens is 867 g/mol. The van der Waals surface area contributed by atoms with Crippen molar-refractivity contribution in [2.45, 2.75) is 70.5 Å². The number of ether oxygens (including phenoxy) is 6. The molecule has 0 saturated carbocycles. The lowest BCUT2D eigenvalue weighted by atomic mass is 10.0. The van der Waals surface area contributed by atoms with E-state index in [9.17, 15) is 24.0 Å². The number of anilines is 1. The summed E-state index contributed by atoms with van der Waals surface area (Å²) in [5, 5.41) is 8.83. The predicted octanol–water partition coefficient (Wildman–Crippen LogP) is 4.93. The number of amides is 5. The molecule has 0 bridgehead atoms. The number of hydrogen-bond acceptors (Lipinski definition) is 13. The van der Waals surface area contributed by atoms with E-state index in [1.165, 1.54) is 19.1 Å². The molecule has 2 aromatic rings. The van der Waals surface area contributed by atoms with Crippen molar-refractivity contribution in [3.63, 3.8) is 0 Å². The van der Waals surface area contributed by atoms with E-state index in [2.05, 4.69) is 38.8 Å². The summed E-state index contributed by atoms with van der Waals surface area (Å²) in [5.41, 5.74) is 11.7. The summed E-state index contributed by atoms with van der Waals surface area (Å²) >= 11 is 0. The van der Waals surface area contributed by atoms with Gasteiger partial charge in [-0.25, -0.2) is 0 Å². The van der Waals surface area contributed by atoms with E-state index >= 15 is 0 Å². The third kappa shape index (κ3) is 12.6. The van der Waals surface area contributed by atoms with Crippen LogP contribution in [-0.4, -0.2) is 150 Å². The summed E-state index contributed by atoms with van der Waals surface area (Å²) in [6, 6.07) is 5.26. The first kappa shape index (κ1) is 49.8. The van der Waals surface area contributed by atoms with E-state index < -0.39 is 30.3 Å². The number of carbonyl (C=O) groups excluding carboxylic acids is 5. The lowest BCUT2D eigenvalue weighted by Crippen LogP contribution is -2.52. The van der Waals surface area contributed by atoms with Gasteiger partial charge in [0.1, 0.15) is 6.04 Å². The number of nitrogens with zero attached hydrogens (tertiary/aromatic N) is 7. The second-order valence-corrected chi connectivity index (χ2v) is 17.0. The van der Waals surface area contributed by atoms with Gasteiger partial charge in [0.15, 0.2) is 23.0 Å². The Morgan fingerprint density at radius 2 is 1.48 bits per heavy atom. The highest BCUT2D eigenvalue weighted by atomic mass is 16.5. The lowest BCUT2D eigenvalue weighted by Gasteiger charge is -2.27. The minimum absolute atomic E-state index is 0.00183. The number of carbonyl (C=O) groups is 5. The SMILES string of the molecule is C=C1C[C@H]2CN(C(=O)CNC(=O)C(NC(=O)CCOCCOCCN=[N+]=[N-])C(C)C)c3cc(OCCCCCOc4cc5c(cc4OC)C(=O)N4CC(=C)C[C@H]4C=N5)c(OC)cc3C(=O)N2C1. The molecule has 2 fully saturated rings. The van der Waals surface area contributed by atoms with E-state index in [1.807, 2.05) is 0 Å². The van der Waals surface area contributed by atoms with E-state index in [4.69, 9.17) is 34.0 Å². The summed E-state index contributed by atoms with van der Waals surface area (Å²) in [6.45, 7) is 14.1. The third-order valence-electron chi connectivity index (χ3n) is 11.8. The largest absolute Gasteiger partial charge is 0.493 e. The zero-order chi connectivity index (χ0) is 48.0. The predicted molar refractivity (Wildman–Crippen MR) is 249 cm³/mol. The molecule has 0 spiro atoms. The van der Waals surface area contributed by atoms with Gasteiger partial charge >= 0.3 is 0 Å². The first-order chi connectivity index (χ1) is 32.3.